The van der Waals surface area contributed by atoms with Crippen molar-refractivity contribution in [2.45, 2.75) is 44.1 Å². The molecule has 1 aliphatic rings. The minimum Gasteiger partial charge on any atom is -0.316 e. The fourth-order valence-electron chi connectivity index (χ4n) is 3.45. The Bertz CT molecular complexity index is 568. The van der Waals surface area contributed by atoms with E-state index in [-0.39, 0.29) is 0 Å². The number of pyridine rings is 2. The molecular formula is C18H23N3. The van der Waals surface area contributed by atoms with Gasteiger partial charge in [0.15, 0.2) is 0 Å². The molecule has 0 saturated carbocycles. The van der Waals surface area contributed by atoms with Crippen LogP contribution in [0.15, 0.2) is 42.9 Å². The Morgan fingerprint density at radius 3 is 3.00 bits per heavy atom. The molecule has 2 aromatic rings. The van der Waals surface area contributed by atoms with Crippen molar-refractivity contribution in [2.75, 3.05) is 7.05 Å². The lowest BCUT2D eigenvalue weighted by Gasteiger charge is -2.31. The first-order chi connectivity index (χ1) is 10.4. The summed E-state index contributed by atoms with van der Waals surface area (Å²) >= 11 is 0. The van der Waals surface area contributed by atoms with Gasteiger partial charge in [0, 0.05) is 36.2 Å². The van der Waals surface area contributed by atoms with Crippen molar-refractivity contribution in [2.24, 2.45) is 0 Å². The summed E-state index contributed by atoms with van der Waals surface area (Å²) in [5.74, 6) is 0.539. The van der Waals surface area contributed by atoms with Crippen LogP contribution in [-0.4, -0.2) is 23.1 Å². The molecule has 2 atom stereocenters. The van der Waals surface area contributed by atoms with Crippen LogP contribution in [0.2, 0.25) is 0 Å². The Labute approximate surface area is 126 Å². The van der Waals surface area contributed by atoms with Crippen molar-refractivity contribution < 1.29 is 0 Å². The average molecular weight is 281 g/mol. The molecule has 3 nitrogen and oxygen atoms in total. The summed E-state index contributed by atoms with van der Waals surface area (Å²) in [5, 5.41) is 3.52. The van der Waals surface area contributed by atoms with Crippen LogP contribution >= 0.6 is 0 Å². The number of hydrogen-bond donors (Lipinski definition) is 1. The Balaban J connectivity index is 1.72. The molecule has 110 valence electrons. The van der Waals surface area contributed by atoms with Crippen LogP contribution < -0.4 is 5.32 Å². The summed E-state index contributed by atoms with van der Waals surface area (Å²) in [6, 6.07) is 8.96. The molecule has 3 heteroatoms. The molecule has 21 heavy (non-hydrogen) atoms. The van der Waals surface area contributed by atoms with E-state index in [9.17, 15) is 0 Å². The third kappa shape index (κ3) is 3.30. The summed E-state index contributed by atoms with van der Waals surface area (Å²) in [7, 11) is 2.07. The number of aryl methyl sites for hydroxylation is 2. The maximum atomic E-state index is 4.67. The number of fused-ring (bicyclic) bond motifs is 1. The Hall–Kier alpha value is -1.74. The zero-order valence-corrected chi connectivity index (χ0v) is 12.6. The van der Waals surface area contributed by atoms with Crippen LogP contribution in [0.3, 0.4) is 0 Å². The zero-order valence-electron chi connectivity index (χ0n) is 12.6. The highest BCUT2D eigenvalue weighted by molar-refractivity contribution is 5.27. The summed E-state index contributed by atoms with van der Waals surface area (Å²) in [4.78, 5) is 8.88. The number of hydrogen-bond acceptors (Lipinski definition) is 3. The van der Waals surface area contributed by atoms with Gasteiger partial charge in [-0.05, 0) is 62.4 Å². The van der Waals surface area contributed by atoms with Gasteiger partial charge in [-0.15, -0.1) is 0 Å². The van der Waals surface area contributed by atoms with Gasteiger partial charge in [-0.3, -0.25) is 9.97 Å². The largest absolute Gasteiger partial charge is 0.316 e. The van der Waals surface area contributed by atoms with Gasteiger partial charge in [-0.1, -0.05) is 12.1 Å². The molecule has 0 saturated heterocycles. The highest BCUT2D eigenvalue weighted by Gasteiger charge is 2.27. The average Bonchev–Trinajstić information content (AvgIpc) is 2.56. The van der Waals surface area contributed by atoms with Crippen molar-refractivity contribution in [1.82, 2.24) is 15.3 Å². The van der Waals surface area contributed by atoms with Crippen molar-refractivity contribution in [3.8, 4) is 0 Å². The van der Waals surface area contributed by atoms with E-state index in [1.54, 1.807) is 0 Å². The van der Waals surface area contributed by atoms with Gasteiger partial charge in [-0.25, -0.2) is 0 Å². The molecule has 0 radical (unpaired) electrons. The Kier molecular flexibility index (Phi) is 4.61. The van der Waals surface area contributed by atoms with Gasteiger partial charge >= 0.3 is 0 Å². The molecule has 1 N–H and O–H groups in total. The zero-order chi connectivity index (χ0) is 14.5. The fraction of sp³-hybridized carbons (Fsp3) is 0.444. The van der Waals surface area contributed by atoms with Crippen LogP contribution in [0.25, 0.3) is 0 Å². The van der Waals surface area contributed by atoms with Crippen molar-refractivity contribution in [3.63, 3.8) is 0 Å². The number of rotatable bonds is 5. The standard InChI is InChI=1S/C18H23N3/c1-19-17(10-9-14-5-3-11-20-13-14)16-8-2-6-15-7-4-12-21-18(15)16/h3-5,7,11-13,16-17,19H,2,6,8-10H2,1H3. The highest BCUT2D eigenvalue weighted by atomic mass is 14.9. The number of aromatic nitrogens is 2. The quantitative estimate of drug-likeness (QED) is 0.915. The second-order valence-electron chi connectivity index (χ2n) is 5.84. The lowest BCUT2D eigenvalue weighted by atomic mass is 9.80. The first-order valence-corrected chi connectivity index (χ1v) is 7.88. The Morgan fingerprint density at radius 2 is 2.19 bits per heavy atom. The maximum Gasteiger partial charge on any atom is 0.0481 e. The van der Waals surface area contributed by atoms with Gasteiger partial charge in [-0.2, -0.15) is 0 Å². The Morgan fingerprint density at radius 1 is 1.29 bits per heavy atom. The van der Waals surface area contributed by atoms with Gasteiger partial charge in [0.05, 0.1) is 0 Å². The van der Waals surface area contributed by atoms with E-state index in [0.29, 0.717) is 12.0 Å². The van der Waals surface area contributed by atoms with Crippen LogP contribution in [-0.2, 0) is 12.8 Å². The van der Waals surface area contributed by atoms with Crippen molar-refractivity contribution in [3.05, 3.63) is 59.7 Å². The topological polar surface area (TPSA) is 37.8 Å². The van der Waals surface area contributed by atoms with E-state index in [1.807, 2.05) is 24.7 Å². The predicted octanol–water partition coefficient (Wildman–Crippen LogP) is 3.12. The maximum absolute atomic E-state index is 4.67. The van der Waals surface area contributed by atoms with E-state index >= 15 is 0 Å². The van der Waals surface area contributed by atoms with Crippen molar-refractivity contribution >= 4 is 0 Å². The van der Waals surface area contributed by atoms with E-state index in [2.05, 4.69) is 40.5 Å². The fourth-order valence-corrected chi connectivity index (χ4v) is 3.45. The molecule has 0 fully saturated rings. The molecule has 0 aliphatic heterocycles. The first-order valence-electron chi connectivity index (χ1n) is 7.88. The molecule has 2 heterocycles. The number of nitrogens with zero attached hydrogens (tertiary/aromatic N) is 2. The van der Waals surface area contributed by atoms with Crippen LogP contribution in [0.1, 0.15) is 42.0 Å². The second-order valence-corrected chi connectivity index (χ2v) is 5.84. The second kappa shape index (κ2) is 6.81. The number of nitrogens with one attached hydrogen (secondary N) is 1. The van der Waals surface area contributed by atoms with Gasteiger partial charge < -0.3 is 5.32 Å². The molecule has 0 amide bonds. The monoisotopic (exact) mass is 281 g/mol. The minimum absolute atomic E-state index is 0.485. The summed E-state index contributed by atoms with van der Waals surface area (Å²) in [6.45, 7) is 0. The minimum atomic E-state index is 0.485. The summed E-state index contributed by atoms with van der Waals surface area (Å²) in [5.41, 5.74) is 4.07. The molecule has 3 rings (SSSR count). The van der Waals surface area contributed by atoms with Gasteiger partial charge in [0.25, 0.3) is 0 Å². The molecule has 2 aromatic heterocycles. The van der Waals surface area contributed by atoms with Crippen LogP contribution in [0.5, 0.6) is 0 Å². The third-order valence-electron chi connectivity index (χ3n) is 4.56. The van der Waals surface area contributed by atoms with Crippen molar-refractivity contribution in [1.29, 1.82) is 0 Å². The normalized spacial score (nSPS) is 19.0. The molecule has 0 spiro atoms. The molecule has 0 bridgehead atoms. The third-order valence-corrected chi connectivity index (χ3v) is 4.56. The number of likely N-dealkylation sites (N-methyl/N-ethyl adjacent to an activating group) is 1. The molecular weight excluding hydrogens is 258 g/mol. The van der Waals surface area contributed by atoms with E-state index in [1.165, 1.54) is 36.1 Å². The van der Waals surface area contributed by atoms with E-state index in [0.717, 1.165) is 12.8 Å². The molecule has 2 unspecified atom stereocenters. The van der Waals surface area contributed by atoms with Crippen LogP contribution in [0, 0.1) is 0 Å². The van der Waals surface area contributed by atoms with Gasteiger partial charge in [0.2, 0.25) is 0 Å². The van der Waals surface area contributed by atoms with E-state index in [4.69, 9.17) is 0 Å². The first kappa shape index (κ1) is 14.2. The highest BCUT2D eigenvalue weighted by Crippen LogP contribution is 2.33. The molecule has 1 aliphatic carbocycles. The predicted molar refractivity (Wildman–Crippen MR) is 85.3 cm³/mol. The SMILES string of the molecule is CNC(CCc1cccnc1)C1CCCc2cccnc21. The smallest absolute Gasteiger partial charge is 0.0481 e. The lowest BCUT2D eigenvalue weighted by Crippen LogP contribution is -2.35. The summed E-state index contributed by atoms with van der Waals surface area (Å²) < 4.78 is 0. The van der Waals surface area contributed by atoms with Crippen LogP contribution in [0.4, 0.5) is 0 Å². The summed E-state index contributed by atoms with van der Waals surface area (Å²) in [6.07, 6.45) is 11.6. The van der Waals surface area contributed by atoms with Gasteiger partial charge in [0.1, 0.15) is 0 Å². The van der Waals surface area contributed by atoms with E-state index < -0.39 is 0 Å². The molecule has 0 aromatic carbocycles. The lowest BCUT2D eigenvalue weighted by molar-refractivity contribution is 0.386.